The third-order valence-corrected chi connectivity index (χ3v) is 3.77. The first-order valence-corrected chi connectivity index (χ1v) is 7.71. The first-order valence-electron chi connectivity index (χ1n) is 7.33. The van der Waals surface area contributed by atoms with Crippen LogP contribution in [-0.2, 0) is 25.8 Å². The molecule has 8 nitrogen and oxygen atoms in total. The van der Waals surface area contributed by atoms with Crippen molar-refractivity contribution in [2.24, 2.45) is 0 Å². The molecule has 0 bridgehead atoms. The molecule has 2 aromatic rings. The van der Waals surface area contributed by atoms with E-state index in [-0.39, 0.29) is 12.8 Å². The van der Waals surface area contributed by atoms with E-state index < -0.39 is 29.9 Å². The van der Waals surface area contributed by atoms with Gasteiger partial charge in [-0.15, -0.1) is 5.06 Å². The topological polar surface area (TPSA) is 98.6 Å². The molecule has 1 aromatic carbocycles. The van der Waals surface area contributed by atoms with E-state index in [0.717, 1.165) is 10.8 Å². The predicted octanol–water partition coefficient (Wildman–Crippen LogP) is 1.17. The molecular weight excluding hydrogens is 350 g/mol. The summed E-state index contributed by atoms with van der Waals surface area (Å²) in [5.74, 6) is -2.07. The summed E-state index contributed by atoms with van der Waals surface area (Å²) in [6, 6.07) is 6.79. The van der Waals surface area contributed by atoms with E-state index in [0.29, 0.717) is 21.3 Å². The fraction of sp³-hybridized carbons (Fsp3) is 0.188. The van der Waals surface area contributed by atoms with Gasteiger partial charge in [0.2, 0.25) is 0 Å². The third-order valence-electron chi connectivity index (χ3n) is 3.51. The van der Waals surface area contributed by atoms with Crippen LogP contribution < -0.4 is 5.56 Å². The number of benzene rings is 1. The number of rotatable bonds is 4. The zero-order valence-corrected chi connectivity index (χ0v) is 13.6. The highest BCUT2D eigenvalue weighted by molar-refractivity contribution is 6.30. The van der Waals surface area contributed by atoms with Gasteiger partial charge in [0.25, 0.3) is 17.4 Å². The maximum Gasteiger partial charge on any atom is 0.352 e. The molecule has 1 aliphatic heterocycles. The number of carbonyl (C=O) groups excluding carboxylic acids is 3. The van der Waals surface area contributed by atoms with Gasteiger partial charge < -0.3 is 9.40 Å². The lowest BCUT2D eigenvalue weighted by molar-refractivity contribution is -0.198. The maximum atomic E-state index is 11.9. The van der Waals surface area contributed by atoms with E-state index in [2.05, 4.69) is 4.98 Å². The molecule has 1 fully saturated rings. The van der Waals surface area contributed by atoms with Crippen LogP contribution in [0.3, 0.4) is 0 Å². The monoisotopic (exact) mass is 361 g/mol. The van der Waals surface area contributed by atoms with Crippen LogP contribution >= 0.6 is 11.6 Å². The molecule has 2 heterocycles. The summed E-state index contributed by atoms with van der Waals surface area (Å²) in [4.78, 5) is 55.5. The minimum absolute atomic E-state index is 0.00202. The average molecular weight is 362 g/mol. The first-order chi connectivity index (χ1) is 11.9. The standard InChI is InChI=1S/C16H12ClN3O5/c17-11-3-1-10(2-4-11)12-8-19(15(23)7-18-12)9-16(24)25-20-13(21)5-6-14(20)22/h1-4,7-8H,5-6,9H2. The van der Waals surface area contributed by atoms with Crippen molar-refractivity contribution in [3.05, 3.63) is 52.0 Å². The van der Waals surface area contributed by atoms with Crippen LogP contribution in [0.1, 0.15) is 12.8 Å². The molecule has 0 aliphatic carbocycles. The number of halogens is 1. The Morgan fingerprint density at radius 1 is 1.12 bits per heavy atom. The number of nitrogens with zero attached hydrogens (tertiary/aromatic N) is 3. The maximum absolute atomic E-state index is 11.9. The lowest BCUT2D eigenvalue weighted by Crippen LogP contribution is -2.35. The molecule has 0 saturated carbocycles. The second-order valence-corrected chi connectivity index (χ2v) is 5.73. The van der Waals surface area contributed by atoms with E-state index in [1.165, 1.54) is 6.20 Å². The minimum atomic E-state index is -0.904. The Kier molecular flexibility index (Phi) is 4.62. The number of hydrogen-bond donors (Lipinski definition) is 0. The molecule has 0 radical (unpaired) electrons. The molecule has 25 heavy (non-hydrogen) atoms. The molecule has 1 aliphatic rings. The van der Waals surface area contributed by atoms with Gasteiger partial charge in [0.15, 0.2) is 0 Å². The van der Waals surface area contributed by atoms with E-state index in [9.17, 15) is 19.2 Å². The average Bonchev–Trinajstić information content (AvgIpc) is 2.89. The van der Waals surface area contributed by atoms with Crippen molar-refractivity contribution in [3.8, 4) is 11.3 Å². The van der Waals surface area contributed by atoms with Crippen LogP contribution in [0.5, 0.6) is 0 Å². The Hall–Kier alpha value is -3.00. The molecule has 9 heteroatoms. The number of imide groups is 1. The highest BCUT2D eigenvalue weighted by Crippen LogP contribution is 2.18. The SMILES string of the molecule is O=C(Cn1cc(-c2ccc(Cl)cc2)ncc1=O)ON1C(=O)CCC1=O. The molecule has 0 unspecified atom stereocenters. The van der Waals surface area contributed by atoms with Crippen molar-refractivity contribution in [2.45, 2.75) is 19.4 Å². The lowest BCUT2D eigenvalue weighted by atomic mass is 10.2. The Bertz CT molecular complexity index is 891. The molecule has 1 saturated heterocycles. The van der Waals surface area contributed by atoms with E-state index >= 15 is 0 Å². The van der Waals surface area contributed by atoms with Crippen molar-refractivity contribution in [2.75, 3.05) is 0 Å². The summed E-state index contributed by atoms with van der Waals surface area (Å²) in [6.07, 6.45) is 2.47. The van der Waals surface area contributed by atoms with Crippen LogP contribution in [0, 0.1) is 0 Å². The second kappa shape index (κ2) is 6.86. The van der Waals surface area contributed by atoms with Crippen LogP contribution in [-0.4, -0.2) is 32.4 Å². The molecule has 1 aromatic heterocycles. The molecule has 0 spiro atoms. The quantitative estimate of drug-likeness (QED) is 0.758. The minimum Gasteiger partial charge on any atom is -0.328 e. The molecule has 0 atom stereocenters. The zero-order chi connectivity index (χ0) is 18.0. The number of amides is 2. The van der Waals surface area contributed by atoms with Crippen LogP contribution in [0.4, 0.5) is 0 Å². The van der Waals surface area contributed by atoms with Gasteiger partial charge in [0, 0.05) is 29.6 Å². The predicted molar refractivity (Wildman–Crippen MR) is 86.1 cm³/mol. The summed E-state index contributed by atoms with van der Waals surface area (Å²) in [5.41, 5.74) is 0.641. The van der Waals surface area contributed by atoms with Gasteiger partial charge in [-0.1, -0.05) is 23.7 Å². The normalized spacial score (nSPS) is 14.0. The van der Waals surface area contributed by atoms with Crippen LogP contribution in [0.2, 0.25) is 5.02 Å². The van der Waals surface area contributed by atoms with E-state index in [1.807, 2.05) is 0 Å². The first kappa shape index (κ1) is 16.8. The van der Waals surface area contributed by atoms with Crippen molar-refractivity contribution >= 4 is 29.4 Å². The summed E-state index contributed by atoms with van der Waals surface area (Å²) >= 11 is 5.83. The molecular formula is C16H12ClN3O5. The van der Waals surface area contributed by atoms with Crippen molar-refractivity contribution in [3.63, 3.8) is 0 Å². The Balaban J connectivity index is 1.78. The van der Waals surface area contributed by atoms with Crippen molar-refractivity contribution in [1.29, 1.82) is 0 Å². The van der Waals surface area contributed by atoms with Gasteiger partial charge in [-0.2, -0.15) is 0 Å². The van der Waals surface area contributed by atoms with Gasteiger partial charge in [0.1, 0.15) is 6.54 Å². The van der Waals surface area contributed by atoms with Gasteiger partial charge in [-0.25, -0.2) is 9.78 Å². The second-order valence-electron chi connectivity index (χ2n) is 5.29. The highest BCUT2D eigenvalue weighted by atomic mass is 35.5. The number of hydrogen-bond acceptors (Lipinski definition) is 6. The van der Waals surface area contributed by atoms with E-state index in [1.54, 1.807) is 24.3 Å². The largest absolute Gasteiger partial charge is 0.352 e. The number of carbonyl (C=O) groups is 3. The molecule has 3 rings (SSSR count). The summed E-state index contributed by atoms with van der Waals surface area (Å²) in [5, 5.41) is 0.995. The molecule has 2 amide bonds. The fourth-order valence-electron chi connectivity index (χ4n) is 2.26. The smallest absolute Gasteiger partial charge is 0.328 e. The van der Waals surface area contributed by atoms with Gasteiger partial charge in [-0.3, -0.25) is 14.4 Å². The van der Waals surface area contributed by atoms with Crippen molar-refractivity contribution < 1.29 is 19.2 Å². The Labute approximate surface area is 146 Å². The third kappa shape index (κ3) is 3.74. The van der Waals surface area contributed by atoms with Gasteiger partial charge >= 0.3 is 5.97 Å². The number of aromatic nitrogens is 2. The van der Waals surface area contributed by atoms with E-state index in [4.69, 9.17) is 16.4 Å². The van der Waals surface area contributed by atoms with Gasteiger partial charge in [-0.05, 0) is 12.1 Å². The number of hydroxylamine groups is 2. The van der Waals surface area contributed by atoms with Crippen LogP contribution in [0.25, 0.3) is 11.3 Å². The lowest BCUT2D eigenvalue weighted by Gasteiger charge is -2.13. The van der Waals surface area contributed by atoms with Crippen LogP contribution in [0.15, 0.2) is 41.5 Å². The highest BCUT2D eigenvalue weighted by Gasteiger charge is 2.32. The van der Waals surface area contributed by atoms with Crippen molar-refractivity contribution in [1.82, 2.24) is 14.6 Å². The zero-order valence-electron chi connectivity index (χ0n) is 12.8. The van der Waals surface area contributed by atoms with Gasteiger partial charge in [0.05, 0.1) is 11.9 Å². The summed E-state index contributed by atoms with van der Waals surface area (Å²) < 4.78 is 1.09. The molecule has 0 N–H and O–H groups in total. The fourth-order valence-corrected chi connectivity index (χ4v) is 2.39. The Morgan fingerprint density at radius 2 is 1.76 bits per heavy atom. The summed E-state index contributed by atoms with van der Waals surface area (Å²) in [7, 11) is 0. The molecule has 128 valence electrons. The Morgan fingerprint density at radius 3 is 2.40 bits per heavy atom. The summed E-state index contributed by atoms with van der Waals surface area (Å²) in [6.45, 7) is -0.459.